The lowest BCUT2D eigenvalue weighted by molar-refractivity contribution is -0.118. The van der Waals surface area contributed by atoms with E-state index in [2.05, 4.69) is 15.5 Å². The number of nitrogens with two attached hydrogens (primary N) is 1. The molecular weight excluding hydrogens is 470 g/mol. The Labute approximate surface area is 203 Å². The Balaban J connectivity index is 1.34. The largest absolute Gasteiger partial charge is 0.495 e. The summed E-state index contributed by atoms with van der Waals surface area (Å²) in [6, 6.07) is 14.8. The summed E-state index contributed by atoms with van der Waals surface area (Å²) in [7, 11) is 1.55. The number of amides is 2. The number of anilines is 1. The molecule has 0 atom stereocenters. The summed E-state index contributed by atoms with van der Waals surface area (Å²) >= 11 is 1.18. The van der Waals surface area contributed by atoms with Gasteiger partial charge >= 0.3 is 0 Å². The van der Waals surface area contributed by atoms with Crippen LogP contribution in [0.15, 0.2) is 68.8 Å². The molecule has 0 bridgehead atoms. The second-order valence-electron chi connectivity index (χ2n) is 7.64. The molecule has 2 aromatic carbocycles. The Morgan fingerprint density at radius 2 is 1.97 bits per heavy atom. The maximum atomic E-state index is 12.8. The highest BCUT2D eigenvalue weighted by Crippen LogP contribution is 2.36. The first-order valence-corrected chi connectivity index (χ1v) is 11.7. The molecule has 10 nitrogen and oxygen atoms in total. The number of carbonyl (C=O) groups excluding carboxylic acids is 2. The second-order valence-corrected chi connectivity index (χ2v) is 8.58. The average Bonchev–Trinajstić information content (AvgIpc) is 3.59. The molecule has 0 aliphatic carbocycles. The number of primary amides is 1. The number of carbonyl (C=O) groups is 2. The number of hydrogen-bond donors (Lipinski definition) is 2. The van der Waals surface area contributed by atoms with E-state index in [0.29, 0.717) is 33.8 Å². The Hall–Kier alpha value is -4.25. The van der Waals surface area contributed by atoms with Crippen LogP contribution >= 0.6 is 11.8 Å². The van der Waals surface area contributed by atoms with Gasteiger partial charge in [-0.2, -0.15) is 0 Å². The van der Waals surface area contributed by atoms with Gasteiger partial charge in [-0.25, -0.2) is 0 Å². The fourth-order valence-corrected chi connectivity index (χ4v) is 4.51. The van der Waals surface area contributed by atoms with Gasteiger partial charge < -0.3 is 24.6 Å². The van der Waals surface area contributed by atoms with E-state index in [9.17, 15) is 9.59 Å². The van der Waals surface area contributed by atoms with Crippen LogP contribution in [0.3, 0.4) is 0 Å². The number of nitrogens with one attached hydrogen (secondary N) is 1. The lowest BCUT2D eigenvalue weighted by Gasteiger charge is -2.11. The second kappa shape index (κ2) is 9.55. The number of benzene rings is 2. The summed E-state index contributed by atoms with van der Waals surface area (Å²) in [5, 5.41) is 13.5. The molecular formula is C24H21N5O5S. The third kappa shape index (κ3) is 4.58. The van der Waals surface area contributed by atoms with Crippen molar-refractivity contribution in [2.24, 2.45) is 5.73 Å². The topological polar surface area (TPSA) is 138 Å². The van der Waals surface area contributed by atoms with Crippen molar-refractivity contribution in [2.45, 2.75) is 18.1 Å². The van der Waals surface area contributed by atoms with E-state index >= 15 is 0 Å². The zero-order valence-electron chi connectivity index (χ0n) is 18.7. The highest BCUT2D eigenvalue weighted by Gasteiger charge is 2.19. The van der Waals surface area contributed by atoms with E-state index in [0.717, 1.165) is 16.4 Å². The number of nitrogens with zero attached hydrogens (tertiary/aromatic N) is 3. The normalized spacial score (nSPS) is 11.2. The van der Waals surface area contributed by atoms with Gasteiger partial charge in [0.25, 0.3) is 0 Å². The zero-order valence-corrected chi connectivity index (χ0v) is 19.5. The molecule has 0 saturated carbocycles. The molecule has 3 aromatic heterocycles. The summed E-state index contributed by atoms with van der Waals surface area (Å²) in [6.45, 7) is 0.263. The summed E-state index contributed by atoms with van der Waals surface area (Å²) in [4.78, 5) is 24.1. The molecule has 3 heterocycles. The number of thioether (sulfide) groups is 1. The average molecular weight is 492 g/mol. The van der Waals surface area contributed by atoms with Crippen LogP contribution in [-0.2, 0) is 16.1 Å². The Morgan fingerprint density at radius 3 is 2.74 bits per heavy atom. The Kier molecular flexibility index (Phi) is 6.15. The van der Waals surface area contributed by atoms with Crippen molar-refractivity contribution in [1.82, 2.24) is 14.8 Å². The number of hydrogen-bond acceptors (Lipinski definition) is 8. The quantitative estimate of drug-likeness (QED) is 0.295. The van der Waals surface area contributed by atoms with Crippen molar-refractivity contribution >= 4 is 51.2 Å². The van der Waals surface area contributed by atoms with E-state index < -0.39 is 5.91 Å². The molecule has 2 amide bonds. The van der Waals surface area contributed by atoms with Gasteiger partial charge in [0.2, 0.25) is 11.8 Å². The minimum atomic E-state index is -0.453. The highest BCUT2D eigenvalue weighted by molar-refractivity contribution is 7.99. The number of aromatic nitrogens is 3. The number of rotatable bonds is 9. The molecule has 11 heteroatoms. The van der Waals surface area contributed by atoms with E-state index in [1.807, 2.05) is 30.3 Å². The number of fused-ring (bicyclic) bond motifs is 3. The number of methoxy groups -OCH3 is 1. The predicted octanol–water partition coefficient (Wildman–Crippen LogP) is 4.05. The monoisotopic (exact) mass is 491 g/mol. The number of furan rings is 2. The van der Waals surface area contributed by atoms with E-state index in [4.69, 9.17) is 19.3 Å². The first kappa shape index (κ1) is 22.5. The fraction of sp³-hybridized carbons (Fsp3) is 0.167. The maximum Gasteiger partial charge on any atom is 0.234 e. The molecule has 0 spiro atoms. The van der Waals surface area contributed by atoms with Crippen LogP contribution in [0.25, 0.3) is 33.5 Å². The van der Waals surface area contributed by atoms with Crippen molar-refractivity contribution in [3.8, 4) is 17.3 Å². The van der Waals surface area contributed by atoms with Gasteiger partial charge in [0.15, 0.2) is 16.7 Å². The van der Waals surface area contributed by atoms with Crippen LogP contribution in [0.1, 0.15) is 6.42 Å². The van der Waals surface area contributed by atoms with Crippen molar-refractivity contribution in [3.05, 3.63) is 54.8 Å². The van der Waals surface area contributed by atoms with Crippen molar-refractivity contribution < 1.29 is 23.2 Å². The first-order valence-electron chi connectivity index (χ1n) is 10.7. The summed E-state index contributed by atoms with van der Waals surface area (Å²) < 4.78 is 18.6. The summed E-state index contributed by atoms with van der Waals surface area (Å²) in [5.74, 6) is 0.804. The zero-order chi connectivity index (χ0) is 24.4. The smallest absolute Gasteiger partial charge is 0.234 e. The number of ether oxygens (including phenoxy) is 1. The van der Waals surface area contributed by atoms with E-state index in [1.165, 1.54) is 18.0 Å². The van der Waals surface area contributed by atoms with Crippen LogP contribution in [-0.4, -0.2) is 39.4 Å². The molecule has 178 valence electrons. The molecule has 0 unspecified atom stereocenters. The third-order valence-corrected chi connectivity index (χ3v) is 6.31. The van der Waals surface area contributed by atoms with Crippen LogP contribution < -0.4 is 15.8 Å². The third-order valence-electron chi connectivity index (χ3n) is 5.35. The molecule has 0 saturated heterocycles. The lowest BCUT2D eigenvalue weighted by atomic mass is 10.1. The molecule has 0 fully saturated rings. The predicted molar refractivity (Wildman–Crippen MR) is 131 cm³/mol. The van der Waals surface area contributed by atoms with Crippen LogP contribution in [0, 0.1) is 0 Å². The summed E-state index contributed by atoms with van der Waals surface area (Å²) in [5.41, 5.74) is 7.22. The van der Waals surface area contributed by atoms with Crippen molar-refractivity contribution in [3.63, 3.8) is 0 Å². The van der Waals surface area contributed by atoms with Gasteiger partial charge in [-0.05, 0) is 24.3 Å². The lowest BCUT2D eigenvalue weighted by Crippen LogP contribution is -2.17. The van der Waals surface area contributed by atoms with Crippen LogP contribution in [0.5, 0.6) is 5.75 Å². The van der Waals surface area contributed by atoms with Gasteiger partial charge in [-0.15, -0.1) is 10.2 Å². The van der Waals surface area contributed by atoms with Gasteiger partial charge in [-0.1, -0.05) is 30.0 Å². The van der Waals surface area contributed by atoms with Gasteiger partial charge in [0, 0.05) is 29.8 Å². The van der Waals surface area contributed by atoms with Gasteiger partial charge in [0.1, 0.15) is 16.9 Å². The van der Waals surface area contributed by atoms with Crippen molar-refractivity contribution in [2.75, 3.05) is 18.2 Å². The minimum absolute atomic E-state index is 0.0498. The standard InChI is InChI=1S/C24H21N5O5S/c1-32-20-11-15-14-5-2-3-6-17(14)34-19(15)12-16(20)26-22(31)13-35-24-28-27-23(18-7-4-10-33-18)29(24)9-8-21(25)30/h2-7,10-12H,8-9,13H2,1H3,(H2,25,30)(H,26,31). The van der Waals surface area contributed by atoms with Crippen LogP contribution in [0.2, 0.25) is 0 Å². The fourth-order valence-electron chi connectivity index (χ4n) is 3.74. The molecule has 35 heavy (non-hydrogen) atoms. The number of para-hydroxylation sites is 1. The van der Waals surface area contributed by atoms with Gasteiger partial charge in [0.05, 0.1) is 24.8 Å². The molecule has 5 rings (SSSR count). The highest BCUT2D eigenvalue weighted by atomic mass is 32.2. The molecule has 0 aliphatic rings. The first-order chi connectivity index (χ1) is 17.0. The molecule has 5 aromatic rings. The molecule has 0 radical (unpaired) electrons. The molecule has 3 N–H and O–H groups in total. The molecule has 0 aliphatic heterocycles. The van der Waals surface area contributed by atoms with E-state index in [-0.39, 0.29) is 24.6 Å². The maximum absolute atomic E-state index is 12.8. The van der Waals surface area contributed by atoms with Crippen LogP contribution in [0.4, 0.5) is 5.69 Å². The van der Waals surface area contributed by atoms with Crippen molar-refractivity contribution in [1.29, 1.82) is 0 Å². The summed E-state index contributed by atoms with van der Waals surface area (Å²) in [6.07, 6.45) is 1.62. The van der Waals surface area contributed by atoms with E-state index in [1.54, 1.807) is 29.9 Å². The SMILES string of the molecule is COc1cc2c(cc1NC(=O)CSc1nnc(-c3ccco3)n1CCC(N)=O)oc1ccccc12. The Bertz CT molecular complexity index is 1520. The van der Waals surface area contributed by atoms with Gasteiger partial charge in [-0.3, -0.25) is 14.2 Å². The minimum Gasteiger partial charge on any atom is -0.495 e. The Morgan fingerprint density at radius 1 is 1.11 bits per heavy atom.